The van der Waals surface area contributed by atoms with Crippen LogP contribution in [0, 0.1) is 5.92 Å². The summed E-state index contributed by atoms with van der Waals surface area (Å²) < 4.78 is 0. The lowest BCUT2D eigenvalue weighted by Gasteiger charge is -2.10. The topological polar surface area (TPSA) is 37.3 Å². The molecule has 1 N–H and O–H groups in total. The van der Waals surface area contributed by atoms with Gasteiger partial charge in [-0.1, -0.05) is 58.8 Å². The Kier molecular flexibility index (Phi) is 9.65. The highest BCUT2D eigenvalue weighted by Crippen LogP contribution is 2.16. The van der Waals surface area contributed by atoms with E-state index in [1.54, 1.807) is 0 Å². The maximum absolute atomic E-state index is 10.9. The molecule has 0 radical (unpaired) electrons. The third-order valence-corrected chi connectivity index (χ3v) is 2.89. The van der Waals surface area contributed by atoms with Crippen molar-refractivity contribution in [1.82, 2.24) is 0 Å². The van der Waals surface area contributed by atoms with Gasteiger partial charge < -0.3 is 5.11 Å². The maximum Gasteiger partial charge on any atom is 0.306 e. The van der Waals surface area contributed by atoms with E-state index in [-0.39, 0.29) is 5.92 Å². The zero-order chi connectivity index (χ0) is 11.5. The minimum Gasteiger partial charge on any atom is -0.481 e. The highest BCUT2D eigenvalue weighted by molar-refractivity contribution is 5.69. The Hall–Kier alpha value is -0.530. The van der Waals surface area contributed by atoms with Gasteiger partial charge in [-0.25, -0.2) is 0 Å². The van der Waals surface area contributed by atoms with Crippen LogP contribution in [0.4, 0.5) is 0 Å². The van der Waals surface area contributed by atoms with E-state index in [0.29, 0.717) is 0 Å². The molecule has 1 unspecified atom stereocenters. The Morgan fingerprint density at radius 1 is 0.933 bits per heavy atom. The van der Waals surface area contributed by atoms with Crippen LogP contribution < -0.4 is 0 Å². The quantitative estimate of drug-likeness (QED) is 0.552. The molecular weight excluding hydrogens is 188 g/mol. The molecule has 0 heterocycles. The van der Waals surface area contributed by atoms with Crippen LogP contribution in [0.2, 0.25) is 0 Å². The fourth-order valence-electron chi connectivity index (χ4n) is 1.91. The van der Waals surface area contributed by atoms with Crippen LogP contribution in [0.15, 0.2) is 0 Å². The lowest BCUT2D eigenvalue weighted by atomic mass is 9.96. The molecule has 0 fully saturated rings. The predicted molar refractivity (Wildman–Crippen MR) is 64.0 cm³/mol. The summed E-state index contributed by atoms with van der Waals surface area (Å²) in [6.45, 7) is 4.26. The molecule has 0 amide bonds. The minimum absolute atomic E-state index is 0.0961. The van der Waals surface area contributed by atoms with Crippen LogP contribution in [0.25, 0.3) is 0 Å². The van der Waals surface area contributed by atoms with Crippen LogP contribution in [-0.4, -0.2) is 11.1 Å². The van der Waals surface area contributed by atoms with Gasteiger partial charge in [-0.05, 0) is 12.8 Å². The molecule has 1 atom stereocenters. The van der Waals surface area contributed by atoms with Crippen molar-refractivity contribution in [2.45, 2.75) is 71.6 Å². The average molecular weight is 214 g/mol. The Balaban J connectivity index is 3.41. The Bertz CT molecular complexity index is 155. The van der Waals surface area contributed by atoms with E-state index in [0.717, 1.165) is 25.7 Å². The molecule has 0 aliphatic heterocycles. The summed E-state index contributed by atoms with van der Waals surface area (Å²) in [5.74, 6) is -0.702. The van der Waals surface area contributed by atoms with E-state index in [1.807, 2.05) is 0 Å². The van der Waals surface area contributed by atoms with Crippen molar-refractivity contribution in [3.8, 4) is 0 Å². The van der Waals surface area contributed by atoms with Crippen LogP contribution in [0.5, 0.6) is 0 Å². The van der Waals surface area contributed by atoms with Gasteiger partial charge in [0.1, 0.15) is 0 Å². The van der Waals surface area contributed by atoms with Crippen molar-refractivity contribution in [3.63, 3.8) is 0 Å². The highest BCUT2D eigenvalue weighted by Gasteiger charge is 2.14. The molecule has 90 valence electrons. The van der Waals surface area contributed by atoms with Gasteiger partial charge in [-0.2, -0.15) is 0 Å². The van der Waals surface area contributed by atoms with Crippen molar-refractivity contribution in [1.29, 1.82) is 0 Å². The monoisotopic (exact) mass is 214 g/mol. The molecule has 0 aliphatic rings. The molecule has 0 aliphatic carbocycles. The molecule has 0 aromatic carbocycles. The van der Waals surface area contributed by atoms with Gasteiger partial charge in [0, 0.05) is 0 Å². The van der Waals surface area contributed by atoms with Gasteiger partial charge in [0.25, 0.3) is 0 Å². The van der Waals surface area contributed by atoms with Crippen LogP contribution >= 0.6 is 0 Å². The second-order valence-corrected chi connectivity index (χ2v) is 4.38. The third-order valence-electron chi connectivity index (χ3n) is 2.89. The maximum atomic E-state index is 10.9. The number of hydrogen-bond donors (Lipinski definition) is 1. The van der Waals surface area contributed by atoms with Crippen molar-refractivity contribution < 1.29 is 9.90 Å². The number of carboxylic acid groups (broad SMARTS) is 1. The first kappa shape index (κ1) is 14.5. The van der Waals surface area contributed by atoms with E-state index in [2.05, 4.69) is 13.8 Å². The Morgan fingerprint density at radius 2 is 1.53 bits per heavy atom. The SMILES string of the molecule is CCCCCCCCC(CCC)C(=O)O. The number of carbonyl (C=O) groups is 1. The van der Waals surface area contributed by atoms with Crippen molar-refractivity contribution >= 4 is 5.97 Å². The van der Waals surface area contributed by atoms with E-state index >= 15 is 0 Å². The van der Waals surface area contributed by atoms with Crippen LogP contribution in [0.3, 0.4) is 0 Å². The first-order valence-electron chi connectivity index (χ1n) is 6.45. The molecule has 0 rings (SSSR count). The molecule has 0 saturated carbocycles. The smallest absolute Gasteiger partial charge is 0.306 e. The molecular formula is C13H26O2. The summed E-state index contributed by atoms with van der Waals surface area (Å²) in [6, 6.07) is 0. The van der Waals surface area contributed by atoms with Crippen molar-refractivity contribution in [2.75, 3.05) is 0 Å². The van der Waals surface area contributed by atoms with Gasteiger partial charge in [-0.15, -0.1) is 0 Å². The van der Waals surface area contributed by atoms with Gasteiger partial charge in [0.2, 0.25) is 0 Å². The van der Waals surface area contributed by atoms with Crippen LogP contribution in [0.1, 0.15) is 71.6 Å². The molecule has 0 spiro atoms. The van der Waals surface area contributed by atoms with Gasteiger partial charge in [-0.3, -0.25) is 4.79 Å². The first-order valence-corrected chi connectivity index (χ1v) is 6.45. The second kappa shape index (κ2) is 10.0. The molecule has 0 bridgehead atoms. The molecule has 2 heteroatoms. The Labute approximate surface area is 94.1 Å². The summed E-state index contributed by atoms with van der Waals surface area (Å²) in [5, 5.41) is 8.95. The van der Waals surface area contributed by atoms with E-state index < -0.39 is 5.97 Å². The van der Waals surface area contributed by atoms with Gasteiger partial charge >= 0.3 is 5.97 Å². The predicted octanol–water partition coefficient (Wildman–Crippen LogP) is 4.24. The molecule has 15 heavy (non-hydrogen) atoms. The molecule has 0 aromatic heterocycles. The molecule has 0 aromatic rings. The Morgan fingerprint density at radius 3 is 2.07 bits per heavy atom. The van der Waals surface area contributed by atoms with Crippen molar-refractivity contribution in [3.05, 3.63) is 0 Å². The van der Waals surface area contributed by atoms with Gasteiger partial charge in [0.15, 0.2) is 0 Å². The first-order chi connectivity index (χ1) is 7.22. The summed E-state index contributed by atoms with van der Waals surface area (Å²) in [5.41, 5.74) is 0. The largest absolute Gasteiger partial charge is 0.481 e. The highest BCUT2D eigenvalue weighted by atomic mass is 16.4. The molecule has 0 saturated heterocycles. The zero-order valence-electron chi connectivity index (χ0n) is 10.3. The second-order valence-electron chi connectivity index (χ2n) is 4.38. The summed E-state index contributed by atoms with van der Waals surface area (Å²) in [4.78, 5) is 10.9. The average Bonchev–Trinajstić information content (AvgIpc) is 2.21. The number of unbranched alkanes of at least 4 members (excludes halogenated alkanes) is 5. The van der Waals surface area contributed by atoms with E-state index in [4.69, 9.17) is 5.11 Å². The number of aliphatic carboxylic acids is 1. The summed E-state index contributed by atoms with van der Waals surface area (Å²) >= 11 is 0. The number of carboxylic acids is 1. The third kappa shape index (κ3) is 8.46. The van der Waals surface area contributed by atoms with E-state index in [1.165, 1.54) is 32.1 Å². The molecule has 2 nitrogen and oxygen atoms in total. The minimum atomic E-state index is -0.606. The van der Waals surface area contributed by atoms with E-state index in [9.17, 15) is 4.79 Å². The van der Waals surface area contributed by atoms with Crippen molar-refractivity contribution in [2.24, 2.45) is 5.92 Å². The van der Waals surface area contributed by atoms with Crippen LogP contribution in [-0.2, 0) is 4.79 Å². The zero-order valence-corrected chi connectivity index (χ0v) is 10.3. The standard InChI is InChI=1S/C13H26O2/c1-3-5-6-7-8-9-11-12(10-4-2)13(14)15/h12H,3-11H2,1-2H3,(H,14,15). The fourth-order valence-corrected chi connectivity index (χ4v) is 1.91. The number of rotatable bonds is 10. The lowest BCUT2D eigenvalue weighted by molar-refractivity contribution is -0.142. The summed E-state index contributed by atoms with van der Waals surface area (Å²) in [6.07, 6.45) is 10.1. The fraction of sp³-hybridized carbons (Fsp3) is 0.923. The normalized spacial score (nSPS) is 12.7. The summed E-state index contributed by atoms with van der Waals surface area (Å²) in [7, 11) is 0. The lowest BCUT2D eigenvalue weighted by Crippen LogP contribution is -2.13. The van der Waals surface area contributed by atoms with Gasteiger partial charge in [0.05, 0.1) is 5.92 Å². The number of hydrogen-bond acceptors (Lipinski definition) is 1.